The minimum absolute atomic E-state index is 0.0861. The van der Waals surface area contributed by atoms with Crippen LogP contribution in [-0.4, -0.2) is 9.91 Å². The number of nitrogens with zero attached hydrogens (tertiary/aromatic N) is 2. The molecule has 0 amide bonds. The second kappa shape index (κ2) is 5.61. The number of hydrogen-bond donors (Lipinski definition) is 0. The SMILES string of the molecule is O=[N+]([O-])c1cnc(Oc2ccccc2I)c(Br)c1. The summed E-state index contributed by atoms with van der Waals surface area (Å²) in [6, 6.07) is 8.80. The highest BCUT2D eigenvalue weighted by atomic mass is 127. The van der Waals surface area contributed by atoms with Crippen molar-refractivity contribution < 1.29 is 9.66 Å². The summed E-state index contributed by atoms with van der Waals surface area (Å²) >= 11 is 5.34. The Morgan fingerprint density at radius 3 is 2.72 bits per heavy atom. The van der Waals surface area contributed by atoms with Crippen LogP contribution in [0.25, 0.3) is 0 Å². The van der Waals surface area contributed by atoms with E-state index in [4.69, 9.17) is 4.74 Å². The highest BCUT2D eigenvalue weighted by Crippen LogP contribution is 2.32. The van der Waals surface area contributed by atoms with Crippen molar-refractivity contribution >= 4 is 44.2 Å². The lowest BCUT2D eigenvalue weighted by Crippen LogP contribution is -1.94. The third kappa shape index (κ3) is 2.96. The second-order valence-electron chi connectivity index (χ2n) is 3.27. The molecule has 0 unspecified atom stereocenters. The van der Waals surface area contributed by atoms with E-state index in [9.17, 15) is 10.1 Å². The number of ether oxygens (including phenoxy) is 1. The largest absolute Gasteiger partial charge is 0.437 e. The summed E-state index contributed by atoms with van der Waals surface area (Å²) in [5.74, 6) is 0.949. The van der Waals surface area contributed by atoms with Gasteiger partial charge in [-0.3, -0.25) is 10.1 Å². The third-order valence-electron chi connectivity index (χ3n) is 2.05. The number of nitro groups is 1. The topological polar surface area (TPSA) is 65.3 Å². The molecule has 0 aliphatic carbocycles. The van der Waals surface area contributed by atoms with Gasteiger partial charge in [0.05, 0.1) is 13.0 Å². The summed E-state index contributed by atoms with van der Waals surface area (Å²) in [6.07, 6.45) is 1.16. The van der Waals surface area contributed by atoms with E-state index in [2.05, 4.69) is 43.5 Å². The van der Waals surface area contributed by atoms with E-state index >= 15 is 0 Å². The Morgan fingerprint density at radius 2 is 2.11 bits per heavy atom. The molecule has 0 spiro atoms. The van der Waals surface area contributed by atoms with E-state index in [1.165, 1.54) is 6.07 Å². The van der Waals surface area contributed by atoms with Gasteiger partial charge >= 0.3 is 0 Å². The molecule has 0 bridgehead atoms. The van der Waals surface area contributed by atoms with Crippen LogP contribution in [0.2, 0.25) is 0 Å². The Labute approximate surface area is 125 Å². The second-order valence-corrected chi connectivity index (χ2v) is 5.29. The van der Waals surface area contributed by atoms with Gasteiger partial charge < -0.3 is 4.74 Å². The average molecular weight is 421 g/mol. The summed E-state index contributed by atoms with van der Waals surface area (Å²) < 4.78 is 6.96. The summed E-state index contributed by atoms with van der Waals surface area (Å²) in [5, 5.41) is 10.6. The number of aromatic nitrogens is 1. The van der Waals surface area contributed by atoms with Crippen molar-refractivity contribution in [1.29, 1.82) is 0 Å². The maximum absolute atomic E-state index is 10.6. The fraction of sp³-hybridized carbons (Fsp3) is 0. The minimum Gasteiger partial charge on any atom is -0.437 e. The Hall–Kier alpha value is -1.22. The van der Waals surface area contributed by atoms with Gasteiger partial charge in [-0.25, -0.2) is 4.98 Å². The molecule has 0 N–H and O–H groups in total. The standard InChI is InChI=1S/C11H6BrIN2O3/c12-8-5-7(15(16)17)6-14-11(8)18-10-4-2-1-3-9(10)13/h1-6H. The summed E-state index contributed by atoms with van der Waals surface area (Å²) in [6.45, 7) is 0. The number of rotatable bonds is 3. The van der Waals surface area contributed by atoms with Gasteiger partial charge in [-0.2, -0.15) is 0 Å². The van der Waals surface area contributed by atoms with Crippen molar-refractivity contribution in [1.82, 2.24) is 4.98 Å². The predicted molar refractivity (Wildman–Crippen MR) is 77.8 cm³/mol. The minimum atomic E-state index is -0.506. The Morgan fingerprint density at radius 1 is 1.39 bits per heavy atom. The molecule has 1 heterocycles. The molecule has 0 fully saturated rings. The first-order valence-electron chi connectivity index (χ1n) is 4.80. The van der Waals surface area contributed by atoms with Gasteiger partial charge in [0, 0.05) is 6.07 Å². The molecular weight excluding hydrogens is 415 g/mol. The van der Waals surface area contributed by atoms with E-state index < -0.39 is 4.92 Å². The van der Waals surface area contributed by atoms with Crippen LogP contribution < -0.4 is 4.74 Å². The van der Waals surface area contributed by atoms with Crippen molar-refractivity contribution in [2.24, 2.45) is 0 Å². The molecule has 0 aliphatic heterocycles. The Bertz CT molecular complexity index is 607. The van der Waals surface area contributed by atoms with Crippen molar-refractivity contribution in [2.45, 2.75) is 0 Å². The van der Waals surface area contributed by atoms with Crippen molar-refractivity contribution in [3.63, 3.8) is 0 Å². The van der Waals surface area contributed by atoms with E-state index in [-0.39, 0.29) is 5.69 Å². The third-order valence-corrected chi connectivity index (χ3v) is 3.51. The molecule has 92 valence electrons. The first kappa shape index (κ1) is 13.2. The molecule has 0 radical (unpaired) electrons. The number of halogens is 2. The molecule has 2 rings (SSSR count). The van der Waals surface area contributed by atoms with Crippen LogP contribution in [-0.2, 0) is 0 Å². The number of hydrogen-bond acceptors (Lipinski definition) is 4. The number of pyridine rings is 1. The fourth-order valence-electron chi connectivity index (χ4n) is 1.22. The average Bonchev–Trinajstić information content (AvgIpc) is 2.34. The van der Waals surface area contributed by atoms with Crippen LogP contribution in [0.15, 0.2) is 41.0 Å². The van der Waals surface area contributed by atoms with Gasteiger partial charge in [-0.15, -0.1) is 0 Å². The lowest BCUT2D eigenvalue weighted by atomic mass is 10.3. The summed E-state index contributed by atoms with van der Waals surface area (Å²) in [5.41, 5.74) is -0.0861. The monoisotopic (exact) mass is 420 g/mol. The van der Waals surface area contributed by atoms with Gasteiger partial charge in [0.2, 0.25) is 5.88 Å². The Kier molecular flexibility index (Phi) is 4.12. The van der Waals surface area contributed by atoms with Crippen molar-refractivity contribution in [2.75, 3.05) is 0 Å². The van der Waals surface area contributed by atoms with Gasteiger partial charge in [0.15, 0.2) is 0 Å². The van der Waals surface area contributed by atoms with Crippen LogP contribution >= 0.6 is 38.5 Å². The maximum atomic E-state index is 10.6. The highest BCUT2D eigenvalue weighted by Gasteiger charge is 2.12. The summed E-state index contributed by atoms with van der Waals surface area (Å²) in [7, 11) is 0. The fourth-order valence-corrected chi connectivity index (χ4v) is 2.14. The molecule has 0 aliphatic rings. The van der Waals surface area contributed by atoms with E-state index in [1.807, 2.05) is 18.2 Å². The van der Waals surface area contributed by atoms with Crippen molar-refractivity contribution in [3.05, 3.63) is 54.7 Å². The molecular formula is C11H6BrIN2O3. The molecule has 7 heteroatoms. The highest BCUT2D eigenvalue weighted by molar-refractivity contribution is 14.1. The number of benzene rings is 1. The zero-order valence-corrected chi connectivity index (χ0v) is 12.6. The molecule has 1 aromatic carbocycles. The van der Waals surface area contributed by atoms with Crippen LogP contribution in [0, 0.1) is 13.7 Å². The zero-order valence-electron chi connectivity index (χ0n) is 8.84. The maximum Gasteiger partial charge on any atom is 0.288 e. The number of para-hydroxylation sites is 1. The van der Waals surface area contributed by atoms with E-state index in [0.29, 0.717) is 16.1 Å². The quantitative estimate of drug-likeness (QED) is 0.425. The Balaban J connectivity index is 2.30. The van der Waals surface area contributed by atoms with Gasteiger partial charge in [-0.1, -0.05) is 12.1 Å². The smallest absolute Gasteiger partial charge is 0.288 e. The van der Waals surface area contributed by atoms with Gasteiger partial charge in [0.25, 0.3) is 5.69 Å². The first-order chi connectivity index (χ1) is 8.58. The zero-order chi connectivity index (χ0) is 13.1. The molecule has 0 atom stereocenters. The predicted octanol–water partition coefficient (Wildman–Crippen LogP) is 4.15. The first-order valence-corrected chi connectivity index (χ1v) is 6.67. The molecule has 1 aromatic heterocycles. The van der Waals surface area contributed by atoms with Crippen molar-refractivity contribution in [3.8, 4) is 11.6 Å². The van der Waals surface area contributed by atoms with Crippen LogP contribution in [0.4, 0.5) is 5.69 Å². The van der Waals surface area contributed by atoms with Crippen LogP contribution in [0.3, 0.4) is 0 Å². The molecule has 5 nitrogen and oxygen atoms in total. The van der Waals surface area contributed by atoms with Crippen LogP contribution in [0.5, 0.6) is 11.6 Å². The molecule has 2 aromatic rings. The molecule has 18 heavy (non-hydrogen) atoms. The normalized spacial score (nSPS) is 10.1. The van der Waals surface area contributed by atoms with Gasteiger partial charge in [0.1, 0.15) is 11.9 Å². The van der Waals surface area contributed by atoms with E-state index in [0.717, 1.165) is 9.77 Å². The van der Waals surface area contributed by atoms with E-state index in [1.54, 1.807) is 6.07 Å². The molecule has 0 saturated heterocycles. The van der Waals surface area contributed by atoms with Crippen LogP contribution in [0.1, 0.15) is 0 Å². The van der Waals surface area contributed by atoms with Gasteiger partial charge in [-0.05, 0) is 50.7 Å². The summed E-state index contributed by atoms with van der Waals surface area (Å²) in [4.78, 5) is 14.0. The molecule has 0 saturated carbocycles. The lowest BCUT2D eigenvalue weighted by molar-refractivity contribution is -0.385. The lowest BCUT2D eigenvalue weighted by Gasteiger charge is -2.07.